The Morgan fingerprint density at radius 3 is 0.635 bits per heavy atom. The van der Waals surface area contributed by atoms with Gasteiger partial charge in [0.1, 0.15) is 0 Å². The Morgan fingerprint density at radius 2 is 0.460 bits per heavy atom. The molecule has 3 aromatic heterocycles. The number of hydroxylamine groups is 4. The summed E-state index contributed by atoms with van der Waals surface area (Å²) in [7, 11) is 17.1. The molecule has 0 spiro atoms. The maximum atomic E-state index is 11.0. The summed E-state index contributed by atoms with van der Waals surface area (Å²) in [4.78, 5) is 74.8. The number of β-amino-alcohol motifs (C(OH)–C–C–N with tert-alkyl or cyclic N) is 1. The molecule has 0 atom stereocenters. The van der Waals surface area contributed by atoms with Crippen molar-refractivity contribution in [3.63, 3.8) is 0 Å². The van der Waals surface area contributed by atoms with Crippen molar-refractivity contribution in [1.82, 2.24) is 85.2 Å². The minimum absolute atomic E-state index is 0.00567. The number of piperidine rings is 8. The van der Waals surface area contributed by atoms with E-state index in [2.05, 4.69) is 406 Å². The van der Waals surface area contributed by atoms with Gasteiger partial charge in [0.25, 0.3) is 0 Å². The number of hydrogen-bond acceptors (Lipinski definition) is 29. The van der Waals surface area contributed by atoms with Crippen molar-refractivity contribution >= 4 is 53.5 Å². The lowest BCUT2D eigenvalue weighted by Crippen LogP contribution is -2.64. The van der Waals surface area contributed by atoms with Crippen LogP contribution in [-0.4, -0.2) is 323 Å². The van der Waals surface area contributed by atoms with Crippen molar-refractivity contribution in [3.05, 3.63) is 64.3 Å². The van der Waals surface area contributed by atoms with E-state index in [1.165, 1.54) is 10.1 Å². The molecule has 0 saturated carbocycles. The first kappa shape index (κ1) is 117. The van der Waals surface area contributed by atoms with Crippen molar-refractivity contribution in [2.24, 2.45) is 0 Å². The highest BCUT2D eigenvalue weighted by molar-refractivity contribution is 5.51. The number of likely N-dealkylation sites (tertiary alicyclic amines) is 4. The van der Waals surface area contributed by atoms with Crippen LogP contribution in [0.4, 0.5) is 53.5 Å². The van der Waals surface area contributed by atoms with Crippen LogP contribution in [0.15, 0.2) is 64.3 Å². The van der Waals surface area contributed by atoms with Crippen LogP contribution < -0.4 is 55.1 Å². The molecule has 0 bridgehead atoms. The van der Waals surface area contributed by atoms with Crippen LogP contribution in [0.3, 0.4) is 0 Å². The third kappa shape index (κ3) is 27.9. The van der Waals surface area contributed by atoms with Gasteiger partial charge in [-0.1, -0.05) is 31.6 Å². The number of nitrogens with one attached hydrogen (secondary N) is 3. The molecule has 0 aromatic carbocycles. The van der Waals surface area contributed by atoms with E-state index in [1.54, 1.807) is 0 Å². The Labute approximate surface area is 835 Å². The van der Waals surface area contributed by atoms with Crippen LogP contribution in [0.1, 0.15) is 344 Å². The van der Waals surface area contributed by atoms with E-state index < -0.39 is 22.2 Å². The monoisotopic (exact) mass is 1910 g/mol. The van der Waals surface area contributed by atoms with E-state index in [0.717, 1.165) is 171 Å². The molecule has 137 heavy (non-hydrogen) atoms. The summed E-state index contributed by atoms with van der Waals surface area (Å²) >= 11 is 0. The summed E-state index contributed by atoms with van der Waals surface area (Å²) in [6.07, 6.45) is 23.4. The van der Waals surface area contributed by atoms with Crippen molar-refractivity contribution in [2.75, 3.05) is 140 Å². The molecule has 11 heterocycles. The van der Waals surface area contributed by atoms with Gasteiger partial charge in [-0.05, 0) is 331 Å². The molecule has 8 fully saturated rings. The lowest BCUT2D eigenvalue weighted by Gasteiger charge is -2.57. The number of aliphatic hydroxyl groups excluding tert-OH is 1. The van der Waals surface area contributed by atoms with Crippen molar-refractivity contribution < 1.29 is 15.5 Å². The fourth-order valence-electron chi connectivity index (χ4n) is 26.9. The molecule has 3 aromatic rings. The van der Waals surface area contributed by atoms with Gasteiger partial charge in [-0.25, -0.2) is 0 Å². The summed E-state index contributed by atoms with van der Waals surface area (Å²) in [6, 6.07) is 1.91. The average Bonchev–Trinajstić information content (AvgIpc) is 0.749. The standard InChI is InChI=1S/C42H75N9.C35H67N9O3.C27H52N8.2C2H4/c1-19-22-49-37(4,5)25-31(26-38(49,6)7)46(16)34-43-35(47(17)32-27-39(8,9)50(23-20-2)40(10,11)28-32)45-36(44-34)48(18)33-29-41(12,13)51(24-21-3)42(14,15)30-33;1-30(2)18-24(19-31(3,4)42(30)16-17-45)39(13)27-36-28(40(14)25-20-32(5,6)43(46)33(7,8)21-25)38-29(37-27)41(15)26-22-34(9,10)44(47)35(11,12)23-26;1-12-13-14-28-21-29-22(34(10)19-15-24(2,3)32-25(4,5)16-19)31-23(30-21)35(11)20-17-26(6,7)33-27(8,9)18-20;2*1-2/h19-21,31-33H,1-3,22-30H2,4-18H3;24-26,45-47H,16-23H2,1-15H3;19-20,32-33H,12-18H2,1-11H3,(H,28,29,30,31);2*1-2H2. The van der Waals surface area contributed by atoms with Crippen LogP contribution in [-0.2, 0) is 0 Å². The number of aliphatic hydroxyl groups is 1. The molecular weight excluding hydrogens is 1710 g/mol. The number of aromatic nitrogens is 9. The summed E-state index contributed by atoms with van der Waals surface area (Å²) in [5, 5.41) is 46.0. The summed E-state index contributed by atoms with van der Waals surface area (Å²) in [6.45, 7) is 103. The molecule has 0 aliphatic carbocycles. The molecule has 0 amide bonds. The maximum Gasteiger partial charge on any atom is 0.231 e. The first-order valence-corrected chi connectivity index (χ1v) is 51.6. The fourth-order valence-corrected chi connectivity index (χ4v) is 26.9. The number of rotatable bonds is 28. The lowest BCUT2D eigenvalue weighted by atomic mass is 9.76. The van der Waals surface area contributed by atoms with E-state index in [9.17, 15) is 15.5 Å². The predicted molar refractivity (Wildman–Crippen MR) is 580 cm³/mol. The Hall–Kier alpha value is -6.51. The zero-order valence-electron chi connectivity index (χ0n) is 94.9. The number of anilines is 9. The van der Waals surface area contributed by atoms with Crippen molar-refractivity contribution in [2.45, 2.75) is 481 Å². The highest BCUT2D eigenvalue weighted by Crippen LogP contribution is 2.49. The maximum absolute atomic E-state index is 11.0. The Morgan fingerprint density at radius 1 is 0.292 bits per heavy atom. The van der Waals surface area contributed by atoms with Crippen LogP contribution >= 0.6 is 0 Å². The fraction of sp³-hybridized carbons (Fsp3) is 0.824. The summed E-state index contributed by atoms with van der Waals surface area (Å²) in [5.74, 6) is 6.36. The number of unbranched alkanes of at least 4 members (excludes halogenated alkanes) is 1. The van der Waals surface area contributed by atoms with Gasteiger partial charge in [0.05, 0.1) is 6.61 Å². The van der Waals surface area contributed by atoms with Gasteiger partial charge in [-0.2, -0.15) is 55.0 Å². The third-order valence-electron chi connectivity index (χ3n) is 32.1. The van der Waals surface area contributed by atoms with Gasteiger partial charge < -0.3 is 70.7 Å². The highest BCUT2D eigenvalue weighted by atomic mass is 16.5. The Kier molecular flexibility index (Phi) is 37.4. The largest absolute Gasteiger partial charge is 0.395 e. The van der Waals surface area contributed by atoms with Crippen LogP contribution in [0.2, 0.25) is 0 Å². The van der Waals surface area contributed by atoms with Crippen LogP contribution in [0.5, 0.6) is 0 Å². The normalized spacial score (nSPS) is 24.6. The highest BCUT2D eigenvalue weighted by Gasteiger charge is 2.55. The third-order valence-corrected chi connectivity index (χ3v) is 32.1. The minimum Gasteiger partial charge on any atom is -0.395 e. The summed E-state index contributed by atoms with van der Waals surface area (Å²) < 4.78 is 0. The molecule has 782 valence electrons. The van der Waals surface area contributed by atoms with Crippen molar-refractivity contribution in [1.29, 1.82) is 0 Å². The van der Waals surface area contributed by atoms with Gasteiger partial charge in [-0.15, -0.1) is 46.1 Å². The van der Waals surface area contributed by atoms with E-state index in [0.29, 0.717) is 42.4 Å². The van der Waals surface area contributed by atoms with E-state index >= 15 is 0 Å². The van der Waals surface area contributed by atoms with E-state index in [4.69, 9.17) is 44.9 Å². The molecule has 0 radical (unpaired) electrons. The van der Waals surface area contributed by atoms with E-state index in [1.807, 2.05) is 18.2 Å². The predicted octanol–water partition coefficient (Wildman–Crippen LogP) is 19.0. The van der Waals surface area contributed by atoms with Crippen LogP contribution in [0, 0.1) is 0 Å². The molecule has 29 nitrogen and oxygen atoms in total. The Balaban J connectivity index is 0.000000279. The van der Waals surface area contributed by atoms with Gasteiger partial charge >= 0.3 is 0 Å². The zero-order chi connectivity index (χ0) is 104. The molecule has 6 N–H and O–H groups in total. The lowest BCUT2D eigenvalue weighted by molar-refractivity contribution is -0.244. The number of hydrogen-bond donors (Lipinski definition) is 6. The van der Waals surface area contributed by atoms with E-state index in [-0.39, 0.29) is 109 Å². The molecule has 0 unspecified atom stereocenters. The quantitative estimate of drug-likeness (QED) is 0.0292. The SMILES string of the molecule is C=C.C=C.C=CCN1C(C)(C)CC(N(C)c2nc(N(C)C3CC(C)(C)N(CC=C)C(C)(C)C3)nc(N(C)C3CC(C)(C)N(CC=C)C(C)(C)C3)n2)CC1(C)C.CCCCNc1nc(N(C)C2CC(C)(C)NC(C)(C)C2)nc(N(C)C2CC(C)(C)NC(C)(C)C2)n1.CN(c1nc(N(C)C2CC(C)(C)N(O)C(C)(C)C2)nc(N(C)C2CC(C)(C)N(CCO)C(C)(C)C2)n1)C1CC(C)(C)N(O)C(C)(C)C1. The van der Waals surface area contributed by atoms with Gasteiger partial charge in [0.2, 0.25) is 53.5 Å². The zero-order valence-corrected chi connectivity index (χ0v) is 94.9. The second kappa shape index (κ2) is 43.6. The second-order valence-electron chi connectivity index (χ2n) is 52.1. The molecule has 11 rings (SSSR count). The first-order valence-electron chi connectivity index (χ1n) is 51.6. The molecule has 8 saturated heterocycles. The summed E-state index contributed by atoms with van der Waals surface area (Å²) in [5.41, 5.74) is -1.71. The average molecular weight is 1910 g/mol. The minimum atomic E-state index is -0.415. The molecular formula is C108H202N26O3. The molecule has 29 heteroatoms. The second-order valence-corrected chi connectivity index (χ2v) is 52.1. The van der Waals surface area contributed by atoms with Gasteiger partial charge in [0, 0.05) is 226 Å². The van der Waals surface area contributed by atoms with Gasteiger partial charge in [-0.3, -0.25) is 19.6 Å². The van der Waals surface area contributed by atoms with Crippen LogP contribution in [0.25, 0.3) is 0 Å². The Bertz CT molecular complexity index is 3990. The topological polar surface area (TPSA) is 258 Å². The van der Waals surface area contributed by atoms with Gasteiger partial charge in [0.15, 0.2) is 0 Å². The first-order chi connectivity index (χ1) is 62.6. The smallest absolute Gasteiger partial charge is 0.231 e. The molecule has 8 aliphatic heterocycles. The number of nitrogens with zero attached hydrogens (tertiary/aromatic N) is 23. The molecule has 8 aliphatic rings. The van der Waals surface area contributed by atoms with Crippen molar-refractivity contribution in [3.8, 4) is 0 Å².